The molecule has 1 nitrogen and oxygen atoms in total. The fourth-order valence-electron chi connectivity index (χ4n) is 1.39. The molecule has 0 saturated heterocycles. The Kier molecular flexibility index (Phi) is 5.01. The van der Waals surface area contributed by atoms with E-state index >= 15 is 0 Å². The number of rotatable bonds is 4. The average molecular weight is 256 g/mol. The van der Waals surface area contributed by atoms with Gasteiger partial charge < -0.3 is 4.74 Å². The van der Waals surface area contributed by atoms with Gasteiger partial charge in [0, 0.05) is 5.56 Å². The largest absolute Gasteiger partial charge is 0.493 e. The zero-order chi connectivity index (χ0) is 13.6. The normalized spacial score (nSPS) is 13.1. The lowest BCUT2D eigenvalue weighted by Gasteiger charge is -2.10. The summed E-state index contributed by atoms with van der Waals surface area (Å²) in [4.78, 5) is 0. The van der Waals surface area contributed by atoms with Crippen molar-refractivity contribution in [1.29, 1.82) is 0 Å². The van der Waals surface area contributed by atoms with Crippen LogP contribution in [0.1, 0.15) is 25.0 Å². The van der Waals surface area contributed by atoms with Gasteiger partial charge in [-0.15, -0.1) is 0 Å². The molecule has 0 N–H and O–H groups in total. The molecule has 0 saturated carbocycles. The fraction of sp³-hybridized carbons (Fsp3) is 0.286. The Morgan fingerprint density at radius 2 is 1.83 bits per heavy atom. The number of hydrogen-bond donors (Lipinski definition) is 0. The van der Waals surface area contributed by atoms with Gasteiger partial charge in [0.15, 0.2) is 0 Å². The number of ether oxygens (including phenoxy) is 1. The summed E-state index contributed by atoms with van der Waals surface area (Å²) >= 11 is 0. The van der Waals surface area contributed by atoms with Crippen LogP contribution in [0.2, 0.25) is 0 Å². The van der Waals surface area contributed by atoms with Crippen molar-refractivity contribution in [2.45, 2.75) is 20.0 Å². The van der Waals surface area contributed by atoms with Crippen LogP contribution < -0.4 is 0 Å². The Hall–Kier alpha value is -1.71. The summed E-state index contributed by atoms with van der Waals surface area (Å²) in [5.74, 6) is 0.560. The van der Waals surface area contributed by atoms with Crippen LogP contribution in [0.4, 0.5) is 13.2 Å². The van der Waals surface area contributed by atoms with Gasteiger partial charge >= 0.3 is 6.18 Å². The van der Waals surface area contributed by atoms with Gasteiger partial charge in [-0.2, -0.15) is 13.2 Å². The first-order chi connectivity index (χ1) is 8.49. The molecule has 0 heterocycles. The van der Waals surface area contributed by atoms with E-state index in [0.717, 1.165) is 12.1 Å². The molecular formula is C14H15F3O. The van der Waals surface area contributed by atoms with E-state index in [2.05, 4.69) is 0 Å². The van der Waals surface area contributed by atoms with Gasteiger partial charge in [-0.25, -0.2) is 0 Å². The molecule has 98 valence electrons. The van der Waals surface area contributed by atoms with Crippen molar-refractivity contribution in [2.75, 3.05) is 6.61 Å². The molecule has 0 amide bonds. The number of halogens is 3. The average Bonchev–Trinajstić information content (AvgIpc) is 2.33. The maximum absolute atomic E-state index is 12.4. The van der Waals surface area contributed by atoms with E-state index in [1.807, 2.05) is 19.9 Å². The lowest BCUT2D eigenvalue weighted by molar-refractivity contribution is -0.137. The van der Waals surface area contributed by atoms with Gasteiger partial charge in [-0.05, 0) is 32.1 Å². The predicted octanol–water partition coefficient (Wildman–Crippen LogP) is 4.66. The number of alkyl halides is 3. The SMILES string of the molecule is C/C=C/C=C(\OCC)c1ccc(C(F)(F)F)cc1. The first kappa shape index (κ1) is 14.4. The molecule has 0 unspecified atom stereocenters. The Morgan fingerprint density at radius 1 is 1.22 bits per heavy atom. The van der Waals surface area contributed by atoms with Crippen LogP contribution in [0.3, 0.4) is 0 Å². The molecular weight excluding hydrogens is 241 g/mol. The van der Waals surface area contributed by atoms with Crippen molar-refractivity contribution in [3.8, 4) is 0 Å². The van der Waals surface area contributed by atoms with Crippen molar-refractivity contribution in [3.05, 3.63) is 53.6 Å². The molecule has 0 bridgehead atoms. The van der Waals surface area contributed by atoms with Gasteiger partial charge in [0.25, 0.3) is 0 Å². The topological polar surface area (TPSA) is 9.23 Å². The van der Waals surface area contributed by atoms with Crippen LogP contribution in [0.15, 0.2) is 42.5 Å². The minimum Gasteiger partial charge on any atom is -0.493 e. The highest BCUT2D eigenvalue weighted by atomic mass is 19.4. The molecule has 1 aromatic rings. The van der Waals surface area contributed by atoms with Crippen molar-refractivity contribution in [2.24, 2.45) is 0 Å². The molecule has 0 radical (unpaired) electrons. The molecule has 0 aliphatic carbocycles. The lowest BCUT2D eigenvalue weighted by atomic mass is 10.1. The summed E-state index contributed by atoms with van der Waals surface area (Å²) < 4.78 is 42.6. The molecule has 0 spiro atoms. The van der Waals surface area contributed by atoms with Crippen LogP contribution in [0.25, 0.3) is 5.76 Å². The van der Waals surface area contributed by atoms with Gasteiger partial charge in [0.1, 0.15) is 5.76 Å². The van der Waals surface area contributed by atoms with E-state index in [0.29, 0.717) is 17.9 Å². The van der Waals surface area contributed by atoms with E-state index in [4.69, 9.17) is 4.74 Å². The Balaban J connectivity index is 3.01. The molecule has 0 aliphatic rings. The van der Waals surface area contributed by atoms with Crippen molar-refractivity contribution in [1.82, 2.24) is 0 Å². The minimum atomic E-state index is -4.31. The summed E-state index contributed by atoms with van der Waals surface area (Å²) in [6.45, 7) is 4.14. The van der Waals surface area contributed by atoms with Crippen LogP contribution in [0, 0.1) is 0 Å². The monoisotopic (exact) mass is 256 g/mol. The van der Waals surface area contributed by atoms with Crippen LogP contribution in [0.5, 0.6) is 0 Å². The maximum atomic E-state index is 12.4. The highest BCUT2D eigenvalue weighted by Gasteiger charge is 2.30. The quantitative estimate of drug-likeness (QED) is 0.562. The zero-order valence-corrected chi connectivity index (χ0v) is 10.3. The molecule has 4 heteroatoms. The van der Waals surface area contributed by atoms with Crippen molar-refractivity contribution in [3.63, 3.8) is 0 Å². The second-order valence-electron chi connectivity index (χ2n) is 3.56. The summed E-state index contributed by atoms with van der Waals surface area (Å²) in [5.41, 5.74) is -0.0314. The smallest absolute Gasteiger partial charge is 0.416 e. The zero-order valence-electron chi connectivity index (χ0n) is 10.3. The van der Waals surface area contributed by atoms with Gasteiger partial charge in [-0.1, -0.05) is 24.3 Å². The number of benzene rings is 1. The van der Waals surface area contributed by atoms with Crippen molar-refractivity contribution < 1.29 is 17.9 Å². The molecule has 1 rings (SSSR count). The highest BCUT2D eigenvalue weighted by Crippen LogP contribution is 2.30. The highest BCUT2D eigenvalue weighted by molar-refractivity contribution is 5.61. The maximum Gasteiger partial charge on any atom is 0.416 e. The Bertz CT molecular complexity index is 427. The molecule has 0 atom stereocenters. The van der Waals surface area contributed by atoms with Gasteiger partial charge in [0.2, 0.25) is 0 Å². The predicted molar refractivity (Wildman–Crippen MR) is 65.9 cm³/mol. The summed E-state index contributed by atoms with van der Waals surface area (Å²) in [6.07, 6.45) is 1.02. The summed E-state index contributed by atoms with van der Waals surface area (Å²) in [6, 6.07) is 4.93. The van der Waals surface area contributed by atoms with Gasteiger partial charge in [0.05, 0.1) is 12.2 Å². The first-order valence-electron chi connectivity index (χ1n) is 5.62. The fourth-order valence-corrected chi connectivity index (χ4v) is 1.39. The van der Waals surface area contributed by atoms with E-state index in [-0.39, 0.29) is 0 Å². The van der Waals surface area contributed by atoms with Crippen LogP contribution >= 0.6 is 0 Å². The lowest BCUT2D eigenvalue weighted by Crippen LogP contribution is -2.04. The molecule has 0 fully saturated rings. The van der Waals surface area contributed by atoms with E-state index in [1.165, 1.54) is 12.1 Å². The van der Waals surface area contributed by atoms with E-state index < -0.39 is 11.7 Å². The molecule has 18 heavy (non-hydrogen) atoms. The minimum absolute atomic E-state index is 0.463. The number of allylic oxidation sites excluding steroid dienone is 3. The third kappa shape index (κ3) is 3.95. The van der Waals surface area contributed by atoms with Gasteiger partial charge in [-0.3, -0.25) is 0 Å². The van der Waals surface area contributed by atoms with E-state index in [1.54, 1.807) is 12.2 Å². The second-order valence-corrected chi connectivity index (χ2v) is 3.56. The third-order valence-electron chi connectivity index (χ3n) is 2.24. The van der Waals surface area contributed by atoms with Crippen LogP contribution in [-0.2, 0) is 10.9 Å². The third-order valence-corrected chi connectivity index (χ3v) is 2.24. The number of hydrogen-bond acceptors (Lipinski definition) is 1. The molecule has 1 aromatic carbocycles. The molecule has 0 aliphatic heterocycles. The Morgan fingerprint density at radius 3 is 2.28 bits per heavy atom. The second kappa shape index (κ2) is 6.28. The Labute approximate surface area is 105 Å². The summed E-state index contributed by atoms with van der Waals surface area (Å²) in [7, 11) is 0. The molecule has 0 aromatic heterocycles. The first-order valence-corrected chi connectivity index (χ1v) is 5.62. The van der Waals surface area contributed by atoms with Crippen LogP contribution in [-0.4, -0.2) is 6.61 Å². The summed E-state index contributed by atoms with van der Waals surface area (Å²) in [5, 5.41) is 0. The van der Waals surface area contributed by atoms with E-state index in [9.17, 15) is 13.2 Å². The van der Waals surface area contributed by atoms with Crippen molar-refractivity contribution >= 4 is 5.76 Å². The standard InChI is InChI=1S/C14H15F3O/c1-3-5-6-13(18-4-2)11-7-9-12(10-8-11)14(15,16)17/h3,5-10H,4H2,1-2H3/b5-3+,13-6-.